The van der Waals surface area contributed by atoms with Crippen molar-refractivity contribution >= 4 is 35.8 Å². The number of guanidine groups is 1. The highest BCUT2D eigenvalue weighted by Crippen LogP contribution is 2.29. The first kappa shape index (κ1) is 28.2. The van der Waals surface area contributed by atoms with Gasteiger partial charge in [0.1, 0.15) is 6.61 Å². The molecule has 0 aromatic carbocycles. The van der Waals surface area contributed by atoms with Gasteiger partial charge in [0.05, 0.1) is 18.7 Å². The van der Waals surface area contributed by atoms with Crippen LogP contribution in [-0.2, 0) is 11.0 Å². The summed E-state index contributed by atoms with van der Waals surface area (Å²) < 4.78 is 43.1. The van der Waals surface area contributed by atoms with Crippen LogP contribution in [0.5, 0.6) is 5.88 Å². The summed E-state index contributed by atoms with van der Waals surface area (Å²) in [7, 11) is 0. The quantitative estimate of drug-likeness (QED) is 0.215. The average molecular weight is 572 g/mol. The molecule has 182 valence electrons. The highest BCUT2D eigenvalue weighted by atomic mass is 127. The minimum atomic E-state index is -4.42. The third-order valence-corrected chi connectivity index (χ3v) is 4.49. The summed E-state index contributed by atoms with van der Waals surface area (Å²) in [5.41, 5.74) is -0.812. The molecule has 0 spiro atoms. The zero-order valence-corrected chi connectivity index (χ0v) is 20.9. The van der Waals surface area contributed by atoms with E-state index in [4.69, 9.17) is 4.74 Å². The molecule has 1 aromatic rings. The third kappa shape index (κ3) is 9.76. The van der Waals surface area contributed by atoms with E-state index in [0.29, 0.717) is 19.6 Å². The zero-order chi connectivity index (χ0) is 22.9. The maximum Gasteiger partial charge on any atom is 0.417 e. The van der Waals surface area contributed by atoms with Gasteiger partial charge in [-0.25, -0.2) is 9.98 Å². The van der Waals surface area contributed by atoms with Gasteiger partial charge in [-0.2, -0.15) is 13.2 Å². The number of carbonyl (C=O) groups is 1. The number of alkyl halides is 3. The predicted molar refractivity (Wildman–Crippen MR) is 127 cm³/mol. The summed E-state index contributed by atoms with van der Waals surface area (Å²) in [4.78, 5) is 24.4. The smallest absolute Gasteiger partial charge is 0.417 e. The highest BCUT2D eigenvalue weighted by Gasteiger charge is 2.30. The molecule has 32 heavy (non-hydrogen) atoms. The molecule has 1 fully saturated rings. The first-order valence-electron chi connectivity index (χ1n) is 10.4. The molecule has 0 saturated carbocycles. The Kier molecular flexibility index (Phi) is 12.0. The predicted octanol–water partition coefficient (Wildman–Crippen LogP) is 2.20. The van der Waals surface area contributed by atoms with Gasteiger partial charge in [-0.3, -0.25) is 9.69 Å². The summed E-state index contributed by atoms with van der Waals surface area (Å²) in [6.07, 6.45) is -3.66. The van der Waals surface area contributed by atoms with Crippen LogP contribution >= 0.6 is 24.0 Å². The molecule has 0 unspecified atom stereocenters. The summed E-state index contributed by atoms with van der Waals surface area (Å²) in [6.45, 7) is 10.5. The normalized spacial score (nSPS) is 15.3. The molecule has 2 heterocycles. The van der Waals surface area contributed by atoms with Crippen LogP contribution < -0.4 is 15.4 Å². The number of ether oxygens (including phenoxy) is 1. The largest absolute Gasteiger partial charge is 0.476 e. The molecule has 0 radical (unpaired) electrons. The van der Waals surface area contributed by atoms with E-state index >= 15 is 0 Å². The number of carbonyl (C=O) groups excluding carboxylic acids is 1. The van der Waals surface area contributed by atoms with Gasteiger partial charge in [-0.1, -0.05) is 0 Å². The van der Waals surface area contributed by atoms with Gasteiger partial charge in [0.25, 0.3) is 0 Å². The molecule has 1 aliphatic heterocycles. The van der Waals surface area contributed by atoms with Crippen molar-refractivity contribution in [3.05, 3.63) is 23.9 Å². The van der Waals surface area contributed by atoms with Crippen molar-refractivity contribution in [2.75, 3.05) is 52.4 Å². The number of aromatic nitrogens is 1. The Morgan fingerprint density at radius 2 is 1.94 bits per heavy atom. The van der Waals surface area contributed by atoms with Gasteiger partial charge in [0, 0.05) is 51.0 Å². The van der Waals surface area contributed by atoms with Gasteiger partial charge in [0.15, 0.2) is 5.96 Å². The van der Waals surface area contributed by atoms with E-state index in [1.807, 2.05) is 20.8 Å². The third-order valence-electron chi connectivity index (χ3n) is 4.49. The van der Waals surface area contributed by atoms with E-state index in [-0.39, 0.29) is 48.4 Å². The Labute approximate surface area is 204 Å². The lowest BCUT2D eigenvalue weighted by Crippen LogP contribution is -2.54. The molecule has 0 atom stereocenters. The van der Waals surface area contributed by atoms with Crippen molar-refractivity contribution in [2.24, 2.45) is 4.99 Å². The Bertz CT molecular complexity index is 723. The van der Waals surface area contributed by atoms with Gasteiger partial charge >= 0.3 is 6.18 Å². The van der Waals surface area contributed by atoms with Gasteiger partial charge in [0.2, 0.25) is 11.8 Å². The second-order valence-corrected chi connectivity index (χ2v) is 7.45. The van der Waals surface area contributed by atoms with Crippen molar-refractivity contribution in [1.29, 1.82) is 0 Å². The van der Waals surface area contributed by atoms with Crippen molar-refractivity contribution in [3.8, 4) is 5.88 Å². The number of nitrogens with one attached hydrogen (secondary N) is 2. The summed E-state index contributed by atoms with van der Waals surface area (Å²) in [6, 6.07) is 2.27. The molecule has 12 heteroatoms. The van der Waals surface area contributed by atoms with Gasteiger partial charge in [-0.15, -0.1) is 24.0 Å². The van der Waals surface area contributed by atoms with E-state index in [1.54, 1.807) is 0 Å². The van der Waals surface area contributed by atoms with Crippen molar-refractivity contribution in [2.45, 2.75) is 33.0 Å². The topological polar surface area (TPSA) is 82.1 Å². The minimum Gasteiger partial charge on any atom is -0.476 e. The van der Waals surface area contributed by atoms with E-state index in [0.717, 1.165) is 44.4 Å². The number of aliphatic imine (C=N–C) groups is 1. The number of hydrogen-bond acceptors (Lipinski definition) is 5. The Balaban J connectivity index is 0.00000512. The maximum atomic E-state index is 12.6. The molecule has 1 amide bonds. The molecule has 8 nitrogen and oxygen atoms in total. The Morgan fingerprint density at radius 3 is 2.47 bits per heavy atom. The molecule has 2 N–H and O–H groups in total. The van der Waals surface area contributed by atoms with E-state index in [9.17, 15) is 18.0 Å². The summed E-state index contributed by atoms with van der Waals surface area (Å²) >= 11 is 0. The fourth-order valence-electron chi connectivity index (χ4n) is 3.05. The minimum absolute atomic E-state index is 0. The molecule has 0 aliphatic carbocycles. The second-order valence-electron chi connectivity index (χ2n) is 7.45. The SMILES string of the molecule is CCNC(=NCCOc1ccc(C(F)(F)F)cn1)N1CCN(CC(=O)NC(C)C)CC1.I. The number of piperazine rings is 1. The molecular formula is C20H32F3IN6O2. The van der Waals surface area contributed by atoms with Crippen LogP contribution in [0.15, 0.2) is 23.3 Å². The number of halogens is 4. The van der Waals surface area contributed by atoms with Crippen LogP contribution in [-0.4, -0.2) is 85.1 Å². The zero-order valence-electron chi connectivity index (χ0n) is 18.6. The molecular weight excluding hydrogens is 540 g/mol. The lowest BCUT2D eigenvalue weighted by Gasteiger charge is -2.36. The first-order chi connectivity index (χ1) is 14.7. The van der Waals surface area contributed by atoms with Gasteiger partial charge < -0.3 is 20.3 Å². The highest BCUT2D eigenvalue weighted by molar-refractivity contribution is 14.0. The van der Waals surface area contributed by atoms with E-state index in [1.165, 1.54) is 6.07 Å². The number of rotatable bonds is 8. The molecule has 1 aromatic heterocycles. The maximum absolute atomic E-state index is 12.6. The molecule has 2 rings (SSSR count). The van der Waals surface area contributed by atoms with Crippen LogP contribution in [0.1, 0.15) is 26.3 Å². The number of hydrogen-bond donors (Lipinski definition) is 2. The average Bonchev–Trinajstić information content (AvgIpc) is 2.70. The van der Waals surface area contributed by atoms with Crippen molar-refractivity contribution in [3.63, 3.8) is 0 Å². The molecule has 1 aliphatic rings. The Morgan fingerprint density at radius 1 is 1.25 bits per heavy atom. The van der Waals surface area contributed by atoms with Crippen LogP contribution in [0.2, 0.25) is 0 Å². The number of amides is 1. The van der Waals surface area contributed by atoms with Crippen LogP contribution in [0.25, 0.3) is 0 Å². The lowest BCUT2D eigenvalue weighted by atomic mass is 10.3. The monoisotopic (exact) mass is 572 g/mol. The second kappa shape index (κ2) is 13.7. The molecule has 0 bridgehead atoms. The van der Waals surface area contributed by atoms with Crippen LogP contribution in [0.3, 0.4) is 0 Å². The lowest BCUT2D eigenvalue weighted by molar-refractivity contribution is -0.137. The number of pyridine rings is 1. The number of nitrogens with zero attached hydrogens (tertiary/aromatic N) is 4. The van der Waals surface area contributed by atoms with Crippen molar-refractivity contribution < 1.29 is 22.7 Å². The summed E-state index contributed by atoms with van der Waals surface area (Å²) in [5.74, 6) is 0.900. The molecule has 1 saturated heterocycles. The van der Waals surface area contributed by atoms with Crippen molar-refractivity contribution in [1.82, 2.24) is 25.4 Å². The van der Waals surface area contributed by atoms with E-state index in [2.05, 4.69) is 30.4 Å². The Hall–Kier alpha value is -1.83. The van der Waals surface area contributed by atoms with Crippen LogP contribution in [0.4, 0.5) is 13.2 Å². The summed E-state index contributed by atoms with van der Waals surface area (Å²) in [5, 5.41) is 6.14. The van der Waals surface area contributed by atoms with Crippen LogP contribution in [0, 0.1) is 0 Å². The standard InChI is InChI=1S/C20H31F3N6O2.HI/c1-4-24-19(29-10-8-28(9-11-29)14-17(30)27-15(2)3)25-7-12-31-18-6-5-16(13-26-18)20(21,22)23;/h5-6,13,15H,4,7-12,14H2,1-3H3,(H,24,25)(H,27,30);1H. The fourth-order valence-corrected chi connectivity index (χ4v) is 3.05. The van der Waals surface area contributed by atoms with Gasteiger partial charge in [-0.05, 0) is 26.8 Å². The fraction of sp³-hybridized carbons (Fsp3) is 0.650. The van der Waals surface area contributed by atoms with E-state index < -0.39 is 11.7 Å². The first-order valence-corrected chi connectivity index (χ1v) is 10.4.